The molecular weight excluding hydrogens is 227 g/mol. The van der Waals surface area contributed by atoms with Crippen molar-refractivity contribution in [2.24, 2.45) is 5.92 Å². The van der Waals surface area contributed by atoms with Crippen molar-refractivity contribution in [1.29, 1.82) is 0 Å². The van der Waals surface area contributed by atoms with Crippen LogP contribution in [-0.2, 0) is 6.54 Å². The number of rotatable bonds is 5. The van der Waals surface area contributed by atoms with Crippen molar-refractivity contribution in [3.8, 4) is 0 Å². The second-order valence-corrected chi connectivity index (χ2v) is 5.21. The fraction of sp³-hybridized carbons (Fsp3) is 0.600. The highest BCUT2D eigenvalue weighted by Crippen LogP contribution is 2.28. The molecule has 1 heterocycles. The standard InChI is InChI=1S/C15H23FN2/c1-3-4-12-7-8-18(11-12)15-6-5-13(10-17-2)9-14(15)16/h5-6,9,12,17H,3-4,7-8,10-11H2,1-2H3. The average molecular weight is 250 g/mol. The Morgan fingerprint density at radius 3 is 2.94 bits per heavy atom. The van der Waals surface area contributed by atoms with Crippen LogP contribution in [0.3, 0.4) is 0 Å². The maximum absolute atomic E-state index is 14.1. The van der Waals surface area contributed by atoms with Gasteiger partial charge < -0.3 is 10.2 Å². The molecule has 2 nitrogen and oxygen atoms in total. The summed E-state index contributed by atoms with van der Waals surface area (Å²) in [6.07, 6.45) is 3.68. The van der Waals surface area contributed by atoms with Gasteiger partial charge in [-0.1, -0.05) is 19.4 Å². The van der Waals surface area contributed by atoms with E-state index in [0.717, 1.165) is 36.8 Å². The highest BCUT2D eigenvalue weighted by Gasteiger charge is 2.23. The van der Waals surface area contributed by atoms with Gasteiger partial charge in [-0.3, -0.25) is 0 Å². The number of nitrogens with zero attached hydrogens (tertiary/aromatic N) is 1. The lowest BCUT2D eigenvalue weighted by Crippen LogP contribution is -2.21. The van der Waals surface area contributed by atoms with Gasteiger partial charge in [0.25, 0.3) is 0 Å². The van der Waals surface area contributed by atoms with Gasteiger partial charge in [0.05, 0.1) is 5.69 Å². The molecule has 0 bridgehead atoms. The lowest BCUT2D eigenvalue weighted by molar-refractivity contribution is 0.529. The number of anilines is 1. The molecule has 1 N–H and O–H groups in total. The molecule has 1 aliphatic rings. The summed E-state index contributed by atoms with van der Waals surface area (Å²) in [4.78, 5) is 2.19. The largest absolute Gasteiger partial charge is 0.369 e. The van der Waals surface area contributed by atoms with Crippen LogP contribution in [0.25, 0.3) is 0 Å². The lowest BCUT2D eigenvalue weighted by atomic mass is 10.0. The van der Waals surface area contributed by atoms with Crippen LogP contribution in [0.5, 0.6) is 0 Å². The Balaban J connectivity index is 2.05. The van der Waals surface area contributed by atoms with Crippen molar-refractivity contribution in [1.82, 2.24) is 5.32 Å². The Labute approximate surface area is 109 Å². The van der Waals surface area contributed by atoms with E-state index in [4.69, 9.17) is 0 Å². The SMILES string of the molecule is CCCC1CCN(c2ccc(CNC)cc2F)C1. The van der Waals surface area contributed by atoms with E-state index in [1.807, 2.05) is 19.2 Å². The van der Waals surface area contributed by atoms with Gasteiger partial charge in [0.1, 0.15) is 5.82 Å². The maximum atomic E-state index is 14.1. The van der Waals surface area contributed by atoms with Gasteiger partial charge in [0, 0.05) is 19.6 Å². The summed E-state index contributed by atoms with van der Waals surface area (Å²) in [5.41, 5.74) is 1.77. The summed E-state index contributed by atoms with van der Waals surface area (Å²) >= 11 is 0. The average Bonchev–Trinajstić information content (AvgIpc) is 2.78. The van der Waals surface area contributed by atoms with Gasteiger partial charge in [-0.25, -0.2) is 4.39 Å². The quantitative estimate of drug-likeness (QED) is 0.863. The zero-order valence-corrected chi connectivity index (χ0v) is 11.4. The van der Waals surface area contributed by atoms with Crippen molar-refractivity contribution in [2.45, 2.75) is 32.7 Å². The first kappa shape index (κ1) is 13.3. The number of hydrogen-bond acceptors (Lipinski definition) is 2. The smallest absolute Gasteiger partial charge is 0.146 e. The van der Waals surface area contributed by atoms with Crippen LogP contribution in [0.15, 0.2) is 18.2 Å². The third-order valence-corrected chi connectivity index (χ3v) is 3.72. The topological polar surface area (TPSA) is 15.3 Å². The molecule has 1 aliphatic heterocycles. The summed E-state index contributed by atoms with van der Waals surface area (Å²) in [7, 11) is 1.88. The third kappa shape index (κ3) is 3.02. The van der Waals surface area contributed by atoms with Crippen molar-refractivity contribution < 1.29 is 4.39 Å². The van der Waals surface area contributed by atoms with Crippen LogP contribution < -0.4 is 10.2 Å². The normalized spacial score (nSPS) is 19.5. The summed E-state index contributed by atoms with van der Waals surface area (Å²) in [5, 5.41) is 3.04. The monoisotopic (exact) mass is 250 g/mol. The van der Waals surface area contributed by atoms with Crippen LogP contribution in [0.1, 0.15) is 31.7 Å². The van der Waals surface area contributed by atoms with Crippen LogP contribution in [-0.4, -0.2) is 20.1 Å². The summed E-state index contributed by atoms with van der Waals surface area (Å²) in [6, 6.07) is 5.59. The van der Waals surface area contributed by atoms with Crippen LogP contribution in [0, 0.1) is 11.7 Å². The predicted molar refractivity (Wildman–Crippen MR) is 74.4 cm³/mol. The molecule has 2 rings (SSSR count). The summed E-state index contributed by atoms with van der Waals surface area (Å²) in [5.74, 6) is 0.659. The molecule has 0 saturated carbocycles. The van der Waals surface area contributed by atoms with Crippen LogP contribution in [0.4, 0.5) is 10.1 Å². The van der Waals surface area contributed by atoms with Crippen molar-refractivity contribution >= 4 is 5.69 Å². The molecular formula is C15H23FN2. The lowest BCUT2D eigenvalue weighted by Gasteiger charge is -2.20. The molecule has 1 aromatic rings. The zero-order chi connectivity index (χ0) is 13.0. The first-order valence-corrected chi connectivity index (χ1v) is 6.92. The van der Waals surface area contributed by atoms with Gasteiger partial charge in [-0.2, -0.15) is 0 Å². The van der Waals surface area contributed by atoms with Crippen LogP contribution >= 0.6 is 0 Å². The van der Waals surface area contributed by atoms with E-state index in [2.05, 4.69) is 17.1 Å². The third-order valence-electron chi connectivity index (χ3n) is 3.72. The van der Waals surface area contributed by atoms with E-state index in [1.54, 1.807) is 6.07 Å². The van der Waals surface area contributed by atoms with E-state index in [1.165, 1.54) is 19.3 Å². The molecule has 1 atom stereocenters. The Hall–Kier alpha value is -1.09. The van der Waals surface area contributed by atoms with E-state index in [9.17, 15) is 4.39 Å². The zero-order valence-electron chi connectivity index (χ0n) is 11.4. The molecule has 3 heteroatoms. The van der Waals surface area contributed by atoms with Gasteiger partial charge in [0.15, 0.2) is 0 Å². The molecule has 1 unspecified atom stereocenters. The first-order chi connectivity index (χ1) is 8.74. The van der Waals surface area contributed by atoms with E-state index < -0.39 is 0 Å². The van der Waals surface area contributed by atoms with Gasteiger partial charge >= 0.3 is 0 Å². The first-order valence-electron chi connectivity index (χ1n) is 6.92. The second kappa shape index (κ2) is 6.19. The molecule has 0 aliphatic carbocycles. The van der Waals surface area contributed by atoms with Gasteiger partial charge in [-0.15, -0.1) is 0 Å². The fourth-order valence-corrected chi connectivity index (χ4v) is 2.82. The Kier molecular flexibility index (Phi) is 4.59. The number of hydrogen-bond donors (Lipinski definition) is 1. The Morgan fingerprint density at radius 2 is 2.28 bits per heavy atom. The van der Waals surface area contributed by atoms with Gasteiger partial charge in [-0.05, 0) is 43.5 Å². The fourth-order valence-electron chi connectivity index (χ4n) is 2.82. The molecule has 100 valence electrons. The molecule has 1 aromatic carbocycles. The number of nitrogens with one attached hydrogen (secondary N) is 1. The highest BCUT2D eigenvalue weighted by molar-refractivity contribution is 5.50. The minimum Gasteiger partial charge on any atom is -0.369 e. The summed E-state index contributed by atoms with van der Waals surface area (Å²) < 4.78 is 14.1. The second-order valence-electron chi connectivity index (χ2n) is 5.21. The maximum Gasteiger partial charge on any atom is 0.146 e. The molecule has 1 saturated heterocycles. The van der Waals surface area contributed by atoms with Crippen LogP contribution in [0.2, 0.25) is 0 Å². The molecule has 0 radical (unpaired) electrons. The van der Waals surface area contributed by atoms with E-state index in [-0.39, 0.29) is 5.82 Å². The van der Waals surface area contributed by atoms with Crippen molar-refractivity contribution in [2.75, 3.05) is 25.0 Å². The number of halogens is 1. The minimum atomic E-state index is -0.0834. The molecule has 0 amide bonds. The highest BCUT2D eigenvalue weighted by atomic mass is 19.1. The van der Waals surface area contributed by atoms with E-state index >= 15 is 0 Å². The molecule has 1 fully saturated rings. The van der Waals surface area contributed by atoms with Crippen molar-refractivity contribution in [3.05, 3.63) is 29.6 Å². The molecule has 0 aromatic heterocycles. The van der Waals surface area contributed by atoms with Crippen molar-refractivity contribution in [3.63, 3.8) is 0 Å². The van der Waals surface area contributed by atoms with Gasteiger partial charge in [0.2, 0.25) is 0 Å². The Bertz CT molecular complexity index is 392. The number of benzene rings is 1. The van der Waals surface area contributed by atoms with E-state index in [0.29, 0.717) is 0 Å². The predicted octanol–water partition coefficient (Wildman–Crippen LogP) is 3.17. The Morgan fingerprint density at radius 1 is 1.44 bits per heavy atom. The minimum absolute atomic E-state index is 0.0834. The molecule has 18 heavy (non-hydrogen) atoms. The molecule has 0 spiro atoms. The summed E-state index contributed by atoms with van der Waals surface area (Å²) in [6.45, 7) is 4.94.